The number of pyridine rings is 1. The van der Waals surface area contributed by atoms with Crippen molar-refractivity contribution in [2.24, 2.45) is 0 Å². The van der Waals surface area contributed by atoms with E-state index in [1.165, 1.54) is 0 Å². The Balaban J connectivity index is 2.34. The molecule has 0 unspecified atom stereocenters. The zero-order chi connectivity index (χ0) is 13.1. The van der Waals surface area contributed by atoms with Crippen LogP contribution in [0.25, 0.3) is 0 Å². The summed E-state index contributed by atoms with van der Waals surface area (Å²) in [6.45, 7) is 4.28. The number of benzene rings is 1. The molecule has 0 atom stereocenters. The fourth-order valence-corrected chi connectivity index (χ4v) is 2.33. The van der Waals surface area contributed by atoms with Crippen LogP contribution < -0.4 is 4.74 Å². The second kappa shape index (κ2) is 5.85. The normalized spacial score (nSPS) is 10.7. The maximum Gasteiger partial charge on any atom is 0.220 e. The molecular weight excluding hydrogens is 358 g/mol. The van der Waals surface area contributed by atoms with E-state index in [4.69, 9.17) is 4.74 Å². The largest absolute Gasteiger partial charge is 0.439 e. The lowest BCUT2D eigenvalue weighted by molar-refractivity contribution is 0.453. The SMILES string of the molecule is CC(C)c1cc(Br)ccc1Oc1cccc(Br)n1. The van der Waals surface area contributed by atoms with Gasteiger partial charge in [0.2, 0.25) is 5.88 Å². The van der Waals surface area contributed by atoms with Crippen LogP contribution in [0, 0.1) is 0 Å². The van der Waals surface area contributed by atoms with Crippen molar-refractivity contribution in [3.63, 3.8) is 0 Å². The van der Waals surface area contributed by atoms with Crippen LogP contribution in [0.15, 0.2) is 45.5 Å². The number of aromatic nitrogens is 1. The monoisotopic (exact) mass is 369 g/mol. The summed E-state index contributed by atoms with van der Waals surface area (Å²) in [5, 5.41) is 0. The predicted octanol–water partition coefficient (Wildman–Crippen LogP) is 5.52. The Kier molecular flexibility index (Phi) is 4.40. The topological polar surface area (TPSA) is 22.1 Å². The third-order valence-electron chi connectivity index (χ3n) is 2.50. The van der Waals surface area contributed by atoms with Gasteiger partial charge in [0.1, 0.15) is 10.4 Å². The Morgan fingerprint density at radius 2 is 1.89 bits per heavy atom. The number of ether oxygens (including phenoxy) is 1. The van der Waals surface area contributed by atoms with Crippen molar-refractivity contribution in [3.8, 4) is 11.6 Å². The van der Waals surface area contributed by atoms with E-state index < -0.39 is 0 Å². The van der Waals surface area contributed by atoms with Crippen molar-refractivity contribution < 1.29 is 4.74 Å². The van der Waals surface area contributed by atoms with Crippen molar-refractivity contribution in [1.29, 1.82) is 0 Å². The van der Waals surface area contributed by atoms with Gasteiger partial charge >= 0.3 is 0 Å². The van der Waals surface area contributed by atoms with Crippen LogP contribution in [0.2, 0.25) is 0 Å². The number of hydrogen-bond donors (Lipinski definition) is 0. The Bertz CT molecular complexity index is 555. The molecule has 2 rings (SSSR count). The van der Waals surface area contributed by atoms with Gasteiger partial charge in [-0.3, -0.25) is 0 Å². The Labute approximate surface area is 124 Å². The summed E-state index contributed by atoms with van der Waals surface area (Å²) in [6, 6.07) is 11.6. The van der Waals surface area contributed by atoms with Gasteiger partial charge in [-0.05, 0) is 51.7 Å². The van der Waals surface area contributed by atoms with E-state index in [-0.39, 0.29) is 0 Å². The lowest BCUT2D eigenvalue weighted by atomic mass is 10.0. The Morgan fingerprint density at radius 3 is 2.56 bits per heavy atom. The second-order valence-electron chi connectivity index (χ2n) is 4.24. The summed E-state index contributed by atoms with van der Waals surface area (Å²) in [4.78, 5) is 4.27. The van der Waals surface area contributed by atoms with Crippen LogP contribution in [0.3, 0.4) is 0 Å². The third-order valence-corrected chi connectivity index (χ3v) is 3.43. The van der Waals surface area contributed by atoms with E-state index in [9.17, 15) is 0 Å². The number of hydrogen-bond acceptors (Lipinski definition) is 2. The summed E-state index contributed by atoms with van der Waals surface area (Å²) >= 11 is 6.82. The summed E-state index contributed by atoms with van der Waals surface area (Å²) in [5.74, 6) is 1.83. The van der Waals surface area contributed by atoms with E-state index >= 15 is 0 Å². The minimum Gasteiger partial charge on any atom is -0.439 e. The molecule has 0 spiro atoms. The van der Waals surface area contributed by atoms with Gasteiger partial charge in [0, 0.05) is 10.5 Å². The first-order valence-corrected chi connectivity index (χ1v) is 7.24. The molecule has 0 aliphatic rings. The average molecular weight is 371 g/mol. The van der Waals surface area contributed by atoms with E-state index in [0.29, 0.717) is 11.8 Å². The molecule has 1 aromatic heterocycles. The third kappa shape index (κ3) is 3.33. The van der Waals surface area contributed by atoms with Gasteiger partial charge in [0.25, 0.3) is 0 Å². The maximum absolute atomic E-state index is 5.84. The molecule has 0 saturated carbocycles. The van der Waals surface area contributed by atoms with Crippen LogP contribution in [-0.2, 0) is 0 Å². The van der Waals surface area contributed by atoms with Gasteiger partial charge in [-0.2, -0.15) is 0 Å². The molecule has 0 N–H and O–H groups in total. The number of rotatable bonds is 3. The lowest BCUT2D eigenvalue weighted by Crippen LogP contribution is -1.95. The van der Waals surface area contributed by atoms with Gasteiger partial charge in [-0.25, -0.2) is 4.98 Å². The van der Waals surface area contributed by atoms with E-state index in [0.717, 1.165) is 20.4 Å². The minimum atomic E-state index is 0.393. The molecule has 0 radical (unpaired) electrons. The number of nitrogens with zero attached hydrogens (tertiary/aromatic N) is 1. The van der Waals surface area contributed by atoms with Gasteiger partial charge in [0.05, 0.1) is 0 Å². The highest BCUT2D eigenvalue weighted by Crippen LogP contribution is 2.32. The summed E-state index contributed by atoms with van der Waals surface area (Å²) in [7, 11) is 0. The molecule has 0 aliphatic heterocycles. The highest BCUT2D eigenvalue weighted by atomic mass is 79.9. The molecule has 1 aromatic carbocycles. The highest BCUT2D eigenvalue weighted by molar-refractivity contribution is 9.10. The van der Waals surface area contributed by atoms with Crippen molar-refractivity contribution in [2.45, 2.75) is 19.8 Å². The molecule has 4 heteroatoms. The fraction of sp³-hybridized carbons (Fsp3) is 0.214. The molecule has 18 heavy (non-hydrogen) atoms. The standard InChI is InChI=1S/C14H13Br2NO/c1-9(2)11-8-10(15)6-7-12(11)18-14-5-3-4-13(16)17-14/h3-9H,1-2H3. The van der Waals surface area contributed by atoms with Crippen molar-refractivity contribution in [1.82, 2.24) is 4.98 Å². The molecule has 94 valence electrons. The van der Waals surface area contributed by atoms with Gasteiger partial charge in [-0.1, -0.05) is 35.8 Å². The first kappa shape index (κ1) is 13.6. The highest BCUT2D eigenvalue weighted by Gasteiger charge is 2.10. The molecule has 0 saturated heterocycles. The molecule has 2 nitrogen and oxygen atoms in total. The fourth-order valence-electron chi connectivity index (χ4n) is 1.62. The van der Waals surface area contributed by atoms with E-state index in [1.807, 2.05) is 30.3 Å². The van der Waals surface area contributed by atoms with Gasteiger partial charge < -0.3 is 4.74 Å². The van der Waals surface area contributed by atoms with Crippen LogP contribution in [0.4, 0.5) is 0 Å². The second-order valence-corrected chi connectivity index (χ2v) is 5.97. The van der Waals surface area contributed by atoms with Crippen LogP contribution in [0.5, 0.6) is 11.6 Å². The van der Waals surface area contributed by atoms with Crippen molar-refractivity contribution in [2.75, 3.05) is 0 Å². The number of halogens is 2. The van der Waals surface area contributed by atoms with E-state index in [2.05, 4.69) is 56.8 Å². The molecule has 0 bridgehead atoms. The van der Waals surface area contributed by atoms with Gasteiger partial charge in [-0.15, -0.1) is 0 Å². The maximum atomic E-state index is 5.84. The van der Waals surface area contributed by atoms with Crippen LogP contribution in [0.1, 0.15) is 25.3 Å². The summed E-state index contributed by atoms with van der Waals surface area (Å²) in [5.41, 5.74) is 1.16. The zero-order valence-corrected chi connectivity index (χ0v) is 13.3. The smallest absolute Gasteiger partial charge is 0.220 e. The molecule has 1 heterocycles. The first-order valence-electron chi connectivity index (χ1n) is 5.66. The zero-order valence-electron chi connectivity index (χ0n) is 10.2. The summed E-state index contributed by atoms with van der Waals surface area (Å²) in [6.07, 6.45) is 0. The molecular formula is C14H13Br2NO. The van der Waals surface area contributed by atoms with Crippen molar-refractivity contribution >= 4 is 31.9 Å². The Hall–Kier alpha value is -0.870. The first-order chi connectivity index (χ1) is 8.56. The average Bonchev–Trinajstić information content (AvgIpc) is 2.31. The van der Waals surface area contributed by atoms with Crippen LogP contribution >= 0.6 is 31.9 Å². The van der Waals surface area contributed by atoms with E-state index in [1.54, 1.807) is 0 Å². The molecule has 0 amide bonds. The predicted molar refractivity (Wildman–Crippen MR) is 80.2 cm³/mol. The van der Waals surface area contributed by atoms with Crippen molar-refractivity contribution in [3.05, 3.63) is 51.0 Å². The summed E-state index contributed by atoms with van der Waals surface area (Å²) < 4.78 is 7.67. The molecule has 2 aromatic rings. The molecule has 0 aliphatic carbocycles. The minimum absolute atomic E-state index is 0.393. The quantitative estimate of drug-likeness (QED) is 0.663. The van der Waals surface area contributed by atoms with Crippen LogP contribution in [-0.4, -0.2) is 4.98 Å². The van der Waals surface area contributed by atoms with Gasteiger partial charge in [0.15, 0.2) is 0 Å². The molecule has 0 fully saturated rings. The lowest BCUT2D eigenvalue weighted by Gasteiger charge is -2.13. The Morgan fingerprint density at radius 1 is 1.11 bits per heavy atom.